The number of nitrogens with zero attached hydrogens (tertiary/aromatic N) is 2. The molecule has 8 heteroatoms. The van der Waals surface area contributed by atoms with Gasteiger partial charge in [0.1, 0.15) is 0 Å². The molecule has 0 spiro atoms. The number of para-hydroxylation sites is 2. The van der Waals surface area contributed by atoms with Gasteiger partial charge >= 0.3 is 0 Å². The van der Waals surface area contributed by atoms with Crippen LogP contribution in [0.1, 0.15) is 38.2 Å². The topological polar surface area (TPSA) is 104 Å². The van der Waals surface area contributed by atoms with Crippen LogP contribution in [0.15, 0.2) is 90.5 Å². The molecule has 4 aliphatic rings. The number of rotatable bonds is 5. The van der Waals surface area contributed by atoms with Gasteiger partial charge in [0.15, 0.2) is 11.5 Å². The molecule has 3 fully saturated rings. The zero-order valence-corrected chi connectivity index (χ0v) is 24.0. The van der Waals surface area contributed by atoms with Crippen molar-refractivity contribution in [1.82, 2.24) is 0 Å². The number of amides is 4. The highest BCUT2D eigenvalue weighted by atomic mass is 16.5. The summed E-state index contributed by atoms with van der Waals surface area (Å²) in [5, 5.41) is 10.5. The van der Waals surface area contributed by atoms with Crippen molar-refractivity contribution >= 4 is 35.0 Å². The summed E-state index contributed by atoms with van der Waals surface area (Å²) in [6.07, 6.45) is 2.67. The number of phenolic OH excluding ortho intramolecular Hbond substituents is 1. The van der Waals surface area contributed by atoms with Gasteiger partial charge in [0.05, 0.1) is 41.2 Å². The van der Waals surface area contributed by atoms with Gasteiger partial charge in [-0.1, -0.05) is 54.1 Å². The molecule has 1 saturated carbocycles. The summed E-state index contributed by atoms with van der Waals surface area (Å²) in [7, 11) is 0. The Balaban J connectivity index is 1.38. The third-order valence-corrected chi connectivity index (χ3v) is 9.92. The van der Waals surface area contributed by atoms with Crippen molar-refractivity contribution in [3.05, 3.63) is 96.1 Å². The fourth-order valence-corrected chi connectivity index (χ4v) is 8.03. The van der Waals surface area contributed by atoms with Gasteiger partial charge in [-0.2, -0.15) is 0 Å². The monoisotopic (exact) mass is 576 g/mol. The molecule has 0 aromatic heterocycles. The van der Waals surface area contributed by atoms with Crippen molar-refractivity contribution in [1.29, 1.82) is 0 Å². The summed E-state index contributed by atoms with van der Waals surface area (Å²) in [5.41, 5.74) is 1.49. The number of imide groups is 2. The molecule has 3 aromatic rings. The lowest BCUT2D eigenvalue weighted by Crippen LogP contribution is -2.48. The second-order valence-corrected chi connectivity index (χ2v) is 12.0. The zero-order valence-electron chi connectivity index (χ0n) is 24.0. The number of hydrogen-bond donors (Lipinski definition) is 1. The number of aromatic hydroxyl groups is 1. The van der Waals surface area contributed by atoms with Crippen LogP contribution in [0.5, 0.6) is 11.5 Å². The van der Waals surface area contributed by atoms with Crippen LogP contribution in [0.3, 0.4) is 0 Å². The van der Waals surface area contributed by atoms with Gasteiger partial charge < -0.3 is 9.84 Å². The molecule has 2 aliphatic heterocycles. The van der Waals surface area contributed by atoms with E-state index in [1.807, 2.05) is 32.1 Å². The number of carbonyl (C=O) groups excluding carboxylic acids is 4. The van der Waals surface area contributed by atoms with Gasteiger partial charge in [-0.3, -0.25) is 24.1 Å². The minimum Gasteiger partial charge on any atom is -0.504 e. The summed E-state index contributed by atoms with van der Waals surface area (Å²) < 4.78 is 5.71. The number of phenols is 1. The normalized spacial score (nSPS) is 29.7. The molecule has 0 radical (unpaired) electrons. The Morgan fingerprint density at radius 1 is 0.837 bits per heavy atom. The molecule has 1 N–H and O–H groups in total. The van der Waals surface area contributed by atoms with Crippen LogP contribution < -0.4 is 14.5 Å². The van der Waals surface area contributed by atoms with Gasteiger partial charge in [-0.05, 0) is 74.6 Å². The molecule has 2 heterocycles. The molecule has 4 amide bonds. The molecular weight excluding hydrogens is 544 g/mol. The SMILES string of the molecule is CCOc1cc(C2C3=CCC4C(=O)N(c5ccccc5)C(=O)C4C3CC3C(=O)N(c4ccccc4)C(=O)C32C)ccc1O. The second kappa shape index (κ2) is 9.93. The first kappa shape index (κ1) is 27.1. The molecule has 0 bridgehead atoms. The predicted octanol–water partition coefficient (Wildman–Crippen LogP) is 5.23. The molecular formula is C35H32N2O6. The first-order chi connectivity index (χ1) is 20.8. The minimum absolute atomic E-state index is 0.0212. The van der Waals surface area contributed by atoms with Crippen LogP contribution in [0.4, 0.5) is 11.4 Å². The van der Waals surface area contributed by atoms with Crippen LogP contribution in [-0.2, 0) is 19.2 Å². The standard InChI is InChI=1S/C35H32N2O6/c1-3-43-28-18-20(14-17-27(28)38)30-23-15-16-24-29(33(41)36(31(24)39)21-10-6-4-7-11-21)25(23)19-26-32(40)37(34(42)35(26,30)2)22-12-8-5-9-13-22/h4-15,17-18,24-26,29-30,38H,3,16,19H2,1-2H3. The van der Waals surface area contributed by atoms with Crippen LogP contribution in [0.2, 0.25) is 0 Å². The van der Waals surface area contributed by atoms with Gasteiger partial charge in [-0.25, -0.2) is 4.90 Å². The Morgan fingerprint density at radius 3 is 2.14 bits per heavy atom. The van der Waals surface area contributed by atoms with Gasteiger partial charge in [0.25, 0.3) is 0 Å². The summed E-state index contributed by atoms with van der Waals surface area (Å²) >= 11 is 0. The fraction of sp³-hybridized carbons (Fsp3) is 0.314. The lowest BCUT2D eigenvalue weighted by molar-refractivity contribution is -0.131. The van der Waals surface area contributed by atoms with Gasteiger partial charge in [0, 0.05) is 5.92 Å². The maximum atomic E-state index is 14.5. The van der Waals surface area contributed by atoms with E-state index >= 15 is 0 Å². The fourth-order valence-electron chi connectivity index (χ4n) is 8.03. The van der Waals surface area contributed by atoms with E-state index in [2.05, 4.69) is 0 Å². The van der Waals surface area contributed by atoms with Crippen molar-refractivity contribution in [2.24, 2.45) is 29.1 Å². The Hall–Kier alpha value is -4.72. The molecule has 2 aliphatic carbocycles. The molecule has 218 valence electrons. The van der Waals surface area contributed by atoms with Crippen LogP contribution >= 0.6 is 0 Å². The quantitative estimate of drug-likeness (QED) is 0.330. The number of fused-ring (bicyclic) bond motifs is 4. The van der Waals surface area contributed by atoms with E-state index in [4.69, 9.17) is 4.74 Å². The van der Waals surface area contributed by atoms with E-state index in [0.29, 0.717) is 24.4 Å². The summed E-state index contributed by atoms with van der Waals surface area (Å²) in [6.45, 7) is 4.00. The minimum atomic E-state index is -1.16. The highest BCUT2D eigenvalue weighted by molar-refractivity contribution is 6.25. The van der Waals surface area contributed by atoms with Crippen molar-refractivity contribution in [3.8, 4) is 11.5 Å². The number of allylic oxidation sites excluding steroid dienone is 2. The third-order valence-electron chi connectivity index (χ3n) is 9.92. The lowest BCUT2D eigenvalue weighted by atomic mass is 9.51. The Kier molecular flexibility index (Phi) is 6.27. The van der Waals surface area contributed by atoms with Gasteiger partial charge in [-0.15, -0.1) is 0 Å². The number of hydrogen-bond acceptors (Lipinski definition) is 6. The molecule has 2 saturated heterocycles. The van der Waals surface area contributed by atoms with E-state index < -0.39 is 35.0 Å². The van der Waals surface area contributed by atoms with E-state index in [0.717, 1.165) is 11.1 Å². The van der Waals surface area contributed by atoms with E-state index in [1.165, 1.54) is 9.80 Å². The lowest BCUT2D eigenvalue weighted by Gasteiger charge is -2.49. The molecule has 8 nitrogen and oxygen atoms in total. The molecule has 7 rings (SSSR count). The maximum Gasteiger partial charge on any atom is 0.241 e. The van der Waals surface area contributed by atoms with Crippen LogP contribution in [0, 0.1) is 29.1 Å². The highest BCUT2D eigenvalue weighted by Crippen LogP contribution is 2.64. The molecule has 3 aromatic carbocycles. The molecule has 6 unspecified atom stereocenters. The van der Waals surface area contributed by atoms with Crippen molar-refractivity contribution in [2.45, 2.75) is 32.6 Å². The maximum absolute atomic E-state index is 14.5. The van der Waals surface area contributed by atoms with Gasteiger partial charge in [0.2, 0.25) is 23.6 Å². The Morgan fingerprint density at radius 2 is 1.49 bits per heavy atom. The van der Waals surface area contributed by atoms with Crippen molar-refractivity contribution in [2.75, 3.05) is 16.4 Å². The number of anilines is 2. The predicted molar refractivity (Wildman–Crippen MR) is 159 cm³/mol. The highest BCUT2D eigenvalue weighted by Gasteiger charge is 2.67. The smallest absolute Gasteiger partial charge is 0.241 e. The second-order valence-electron chi connectivity index (χ2n) is 12.0. The summed E-state index contributed by atoms with van der Waals surface area (Å²) in [4.78, 5) is 59.0. The number of benzene rings is 3. The number of ether oxygens (including phenoxy) is 1. The third kappa shape index (κ3) is 3.82. The largest absolute Gasteiger partial charge is 0.504 e. The van der Waals surface area contributed by atoms with E-state index in [9.17, 15) is 24.3 Å². The average molecular weight is 577 g/mol. The van der Waals surface area contributed by atoms with Crippen LogP contribution in [0.25, 0.3) is 0 Å². The van der Waals surface area contributed by atoms with Crippen LogP contribution in [-0.4, -0.2) is 35.3 Å². The summed E-state index contributed by atoms with van der Waals surface area (Å²) in [5.74, 6) is -3.72. The molecule has 6 atom stereocenters. The average Bonchev–Trinajstić information content (AvgIpc) is 3.39. The van der Waals surface area contributed by atoms with Crippen molar-refractivity contribution < 1.29 is 29.0 Å². The first-order valence-electron chi connectivity index (χ1n) is 14.8. The molecule has 43 heavy (non-hydrogen) atoms. The van der Waals surface area contributed by atoms with E-state index in [-0.39, 0.29) is 41.5 Å². The Labute approximate surface area is 249 Å². The first-order valence-corrected chi connectivity index (χ1v) is 14.8. The number of carbonyl (C=O) groups is 4. The Bertz CT molecular complexity index is 1680. The zero-order chi connectivity index (χ0) is 30.0. The summed E-state index contributed by atoms with van der Waals surface area (Å²) in [6, 6.07) is 22.9. The van der Waals surface area contributed by atoms with E-state index in [1.54, 1.807) is 66.7 Å². The van der Waals surface area contributed by atoms with Crippen molar-refractivity contribution in [3.63, 3.8) is 0 Å².